The highest BCUT2D eigenvalue weighted by Gasteiger charge is 2.34. The Bertz CT molecular complexity index is 1270. The molecule has 3 heterocycles. The molecule has 0 radical (unpaired) electrons. The number of aryl methyl sites for hydroxylation is 1. The fourth-order valence-corrected chi connectivity index (χ4v) is 3.77. The summed E-state index contributed by atoms with van der Waals surface area (Å²) in [5.41, 5.74) is 0.294. The topological polar surface area (TPSA) is 71.2 Å². The van der Waals surface area contributed by atoms with Crippen LogP contribution in [0.2, 0.25) is 0 Å². The monoisotopic (exact) mass is 446 g/mol. The smallest absolute Gasteiger partial charge is 0.416 e. The molecule has 0 amide bonds. The van der Waals surface area contributed by atoms with Gasteiger partial charge in [-0.25, -0.2) is 9.37 Å². The lowest BCUT2D eigenvalue weighted by atomic mass is 10.0. The molecule has 10 heteroatoms. The Balaban J connectivity index is 1.58. The Morgan fingerprint density at radius 3 is 2.69 bits per heavy atom. The van der Waals surface area contributed by atoms with Gasteiger partial charge in [0.25, 0.3) is 5.56 Å². The molecular formula is C22H18F4N4O2. The van der Waals surface area contributed by atoms with Crippen molar-refractivity contribution in [2.45, 2.75) is 24.9 Å². The molecule has 166 valence electrons. The molecule has 1 aliphatic heterocycles. The summed E-state index contributed by atoms with van der Waals surface area (Å²) in [6.45, 7) is 0.162. The second-order valence-corrected chi connectivity index (χ2v) is 7.54. The highest BCUT2D eigenvalue weighted by atomic mass is 19.4. The Morgan fingerprint density at radius 2 is 2.00 bits per heavy atom. The molecule has 0 saturated carbocycles. The number of pyridine rings is 2. The maximum Gasteiger partial charge on any atom is 0.416 e. The van der Waals surface area contributed by atoms with E-state index >= 15 is 0 Å². The summed E-state index contributed by atoms with van der Waals surface area (Å²) >= 11 is 0. The van der Waals surface area contributed by atoms with Gasteiger partial charge in [-0.05, 0) is 30.3 Å². The number of hydrogen-bond donors (Lipinski definition) is 0. The zero-order valence-electron chi connectivity index (χ0n) is 16.9. The van der Waals surface area contributed by atoms with E-state index in [1.807, 2.05) is 6.07 Å². The van der Waals surface area contributed by atoms with Crippen molar-refractivity contribution in [3.05, 3.63) is 64.1 Å². The predicted octanol–water partition coefficient (Wildman–Crippen LogP) is 3.82. The van der Waals surface area contributed by atoms with Crippen LogP contribution in [0.4, 0.5) is 23.2 Å². The lowest BCUT2D eigenvalue weighted by Crippen LogP contribution is -2.47. The van der Waals surface area contributed by atoms with Crippen molar-refractivity contribution in [1.82, 2.24) is 9.55 Å². The number of rotatable bonds is 3. The van der Waals surface area contributed by atoms with Gasteiger partial charge in [0.15, 0.2) is 6.17 Å². The summed E-state index contributed by atoms with van der Waals surface area (Å²) in [6.07, 6.45) is -6.79. The van der Waals surface area contributed by atoms with Crippen LogP contribution in [-0.4, -0.2) is 34.9 Å². The van der Waals surface area contributed by atoms with Gasteiger partial charge in [-0.1, -0.05) is 6.07 Å². The van der Waals surface area contributed by atoms with E-state index in [2.05, 4.69) is 4.98 Å². The Labute approximate surface area is 180 Å². The Hall–Kier alpha value is -3.61. The fourth-order valence-electron chi connectivity index (χ4n) is 3.77. The van der Waals surface area contributed by atoms with Gasteiger partial charge in [0, 0.05) is 26.1 Å². The van der Waals surface area contributed by atoms with Gasteiger partial charge in [0.05, 0.1) is 23.3 Å². The normalized spacial score (nSPS) is 19.1. The number of ether oxygens (including phenoxy) is 1. The third kappa shape index (κ3) is 4.10. The van der Waals surface area contributed by atoms with E-state index in [1.54, 1.807) is 18.0 Å². The molecular weight excluding hydrogens is 428 g/mol. The number of piperidine rings is 1. The van der Waals surface area contributed by atoms with E-state index in [0.29, 0.717) is 23.3 Å². The van der Waals surface area contributed by atoms with Gasteiger partial charge >= 0.3 is 6.18 Å². The van der Waals surface area contributed by atoms with Gasteiger partial charge < -0.3 is 14.2 Å². The van der Waals surface area contributed by atoms with Crippen molar-refractivity contribution in [2.75, 3.05) is 18.0 Å². The van der Waals surface area contributed by atoms with Crippen LogP contribution in [0.15, 0.2) is 47.3 Å². The second-order valence-electron chi connectivity index (χ2n) is 7.54. The first kappa shape index (κ1) is 21.6. The Kier molecular flexibility index (Phi) is 5.50. The molecule has 2 aromatic heterocycles. The average molecular weight is 446 g/mol. The summed E-state index contributed by atoms with van der Waals surface area (Å²) in [6, 6.07) is 10.7. The van der Waals surface area contributed by atoms with Crippen molar-refractivity contribution in [1.29, 1.82) is 5.26 Å². The van der Waals surface area contributed by atoms with E-state index in [9.17, 15) is 22.4 Å². The van der Waals surface area contributed by atoms with Crippen LogP contribution in [0.3, 0.4) is 0 Å². The maximum atomic E-state index is 15.0. The minimum atomic E-state index is -4.52. The molecule has 3 aromatic rings. The third-order valence-electron chi connectivity index (χ3n) is 5.45. The van der Waals surface area contributed by atoms with Crippen molar-refractivity contribution in [2.24, 2.45) is 7.05 Å². The summed E-state index contributed by atoms with van der Waals surface area (Å²) in [7, 11) is 1.58. The molecule has 1 saturated heterocycles. The Morgan fingerprint density at radius 1 is 1.22 bits per heavy atom. The van der Waals surface area contributed by atoms with Gasteiger partial charge in [0.1, 0.15) is 29.1 Å². The lowest BCUT2D eigenvalue weighted by Gasteiger charge is -2.36. The molecule has 2 unspecified atom stereocenters. The first-order valence-electron chi connectivity index (χ1n) is 9.81. The first-order chi connectivity index (χ1) is 15.2. The average Bonchev–Trinajstić information content (AvgIpc) is 2.77. The number of anilines is 1. The fraction of sp³-hybridized carbons (Fsp3) is 0.318. The van der Waals surface area contributed by atoms with Gasteiger partial charge in [0.2, 0.25) is 0 Å². The molecule has 0 aliphatic carbocycles. The standard InChI is InChI=1S/C22H18F4N4O2/c1-29-17-6-5-14(11-27)28-21(17)18(10-20(29)31)30-8-7-19(16(23)12-30)32-15-4-2-3-13(9-15)22(24,25)26/h2-6,9-10,16,19H,7-8,12H2,1H3. The third-order valence-corrected chi connectivity index (χ3v) is 5.45. The molecule has 1 aliphatic rings. The second kappa shape index (κ2) is 8.15. The van der Waals surface area contributed by atoms with Crippen LogP contribution in [-0.2, 0) is 13.2 Å². The van der Waals surface area contributed by atoms with E-state index in [4.69, 9.17) is 10.00 Å². The zero-order chi connectivity index (χ0) is 23.0. The van der Waals surface area contributed by atoms with Crippen LogP contribution >= 0.6 is 0 Å². The molecule has 2 atom stereocenters. The van der Waals surface area contributed by atoms with Gasteiger partial charge in [-0.2, -0.15) is 18.4 Å². The number of nitrogens with zero attached hydrogens (tertiary/aromatic N) is 4. The lowest BCUT2D eigenvalue weighted by molar-refractivity contribution is -0.137. The molecule has 0 bridgehead atoms. The molecule has 0 spiro atoms. The number of aromatic nitrogens is 2. The van der Waals surface area contributed by atoms with E-state index in [0.717, 1.165) is 12.1 Å². The van der Waals surface area contributed by atoms with E-state index in [1.165, 1.54) is 28.8 Å². The molecule has 1 fully saturated rings. The predicted molar refractivity (Wildman–Crippen MR) is 109 cm³/mol. The van der Waals surface area contributed by atoms with Crippen LogP contribution in [0.5, 0.6) is 5.75 Å². The minimum Gasteiger partial charge on any atom is -0.487 e. The number of hydrogen-bond acceptors (Lipinski definition) is 5. The zero-order valence-corrected chi connectivity index (χ0v) is 16.9. The summed E-state index contributed by atoms with van der Waals surface area (Å²) in [5, 5.41) is 9.17. The highest BCUT2D eigenvalue weighted by Crippen LogP contribution is 2.33. The summed E-state index contributed by atoms with van der Waals surface area (Å²) in [4.78, 5) is 18.3. The summed E-state index contributed by atoms with van der Waals surface area (Å²) in [5.74, 6) is -0.0553. The van der Waals surface area contributed by atoms with Gasteiger partial charge in [-0.15, -0.1) is 0 Å². The molecule has 32 heavy (non-hydrogen) atoms. The van der Waals surface area contributed by atoms with Crippen LogP contribution in [0, 0.1) is 11.3 Å². The van der Waals surface area contributed by atoms with Crippen LogP contribution < -0.4 is 15.2 Å². The van der Waals surface area contributed by atoms with Crippen molar-refractivity contribution in [3.8, 4) is 11.8 Å². The van der Waals surface area contributed by atoms with Crippen molar-refractivity contribution >= 4 is 16.7 Å². The van der Waals surface area contributed by atoms with Crippen LogP contribution in [0.1, 0.15) is 17.7 Å². The first-order valence-corrected chi connectivity index (χ1v) is 9.81. The maximum absolute atomic E-state index is 15.0. The van der Waals surface area contributed by atoms with E-state index < -0.39 is 24.0 Å². The minimum absolute atomic E-state index is 0.0553. The summed E-state index contributed by atoms with van der Waals surface area (Å²) < 4.78 is 60.7. The molecule has 1 aromatic carbocycles. The molecule has 6 nitrogen and oxygen atoms in total. The van der Waals surface area contributed by atoms with Gasteiger partial charge in [-0.3, -0.25) is 4.79 Å². The SMILES string of the molecule is Cn1c(=O)cc(N2CCC(Oc3cccc(C(F)(F)F)c3)C(F)C2)c2nc(C#N)ccc21. The number of halogens is 4. The highest BCUT2D eigenvalue weighted by molar-refractivity contribution is 5.88. The quantitative estimate of drug-likeness (QED) is 0.572. The number of fused-ring (bicyclic) bond motifs is 1. The molecule has 4 rings (SSSR count). The number of alkyl halides is 4. The van der Waals surface area contributed by atoms with E-state index in [-0.39, 0.29) is 30.0 Å². The van der Waals surface area contributed by atoms with Crippen molar-refractivity contribution < 1.29 is 22.3 Å². The van der Waals surface area contributed by atoms with Crippen LogP contribution in [0.25, 0.3) is 11.0 Å². The largest absolute Gasteiger partial charge is 0.487 e. The molecule has 0 N–H and O–H groups in total. The van der Waals surface area contributed by atoms with Crippen molar-refractivity contribution in [3.63, 3.8) is 0 Å². The number of benzene rings is 1. The number of nitriles is 1.